The highest BCUT2D eigenvalue weighted by Crippen LogP contribution is 2.25. The number of carbonyl (C=O) groups excluding carboxylic acids is 1. The number of aromatic nitrogens is 1. The molecule has 2 N–H and O–H groups in total. The molecule has 0 aliphatic heterocycles. The molecule has 1 heterocycles. The lowest BCUT2D eigenvalue weighted by Gasteiger charge is -2.06. The molecular weight excluding hydrogens is 330 g/mol. The van der Waals surface area contributed by atoms with Crippen LogP contribution in [0.25, 0.3) is 10.9 Å². The maximum absolute atomic E-state index is 12.2. The van der Waals surface area contributed by atoms with Crippen LogP contribution < -0.4 is 5.32 Å². The van der Waals surface area contributed by atoms with Gasteiger partial charge < -0.3 is 10.3 Å². The molecule has 0 radical (unpaired) electrons. The molecule has 6 nitrogen and oxygen atoms in total. The smallest absolute Gasteiger partial charge is 0.288 e. The maximum atomic E-state index is 12.2. The molecule has 0 spiro atoms. The molecule has 7 heteroatoms. The van der Waals surface area contributed by atoms with Gasteiger partial charge in [0.15, 0.2) is 0 Å². The van der Waals surface area contributed by atoms with Gasteiger partial charge in [0.05, 0.1) is 4.92 Å². The van der Waals surface area contributed by atoms with E-state index in [-0.39, 0.29) is 22.2 Å². The Labute approximate surface area is 142 Å². The molecule has 0 aliphatic rings. The summed E-state index contributed by atoms with van der Waals surface area (Å²) in [4.78, 5) is 25.7. The van der Waals surface area contributed by atoms with Crippen LogP contribution in [0.15, 0.2) is 42.5 Å². The van der Waals surface area contributed by atoms with E-state index in [4.69, 9.17) is 11.6 Å². The Hall–Kier alpha value is -2.86. The van der Waals surface area contributed by atoms with E-state index >= 15 is 0 Å². The van der Waals surface area contributed by atoms with Gasteiger partial charge in [-0.3, -0.25) is 14.9 Å². The minimum absolute atomic E-state index is 0.00447. The number of fused-ring (bicyclic) bond motifs is 1. The van der Waals surface area contributed by atoms with E-state index in [1.807, 2.05) is 31.2 Å². The number of carbonyl (C=O) groups is 1. The summed E-state index contributed by atoms with van der Waals surface area (Å²) in [6, 6.07) is 11.9. The van der Waals surface area contributed by atoms with Crippen LogP contribution in [-0.4, -0.2) is 15.8 Å². The Balaban J connectivity index is 1.74. The second kappa shape index (κ2) is 6.33. The van der Waals surface area contributed by atoms with E-state index in [0.29, 0.717) is 6.54 Å². The van der Waals surface area contributed by atoms with Gasteiger partial charge in [0.25, 0.3) is 11.6 Å². The molecular formula is C17H14ClN3O3. The predicted octanol–water partition coefficient (Wildman–Crippen LogP) is 3.97. The summed E-state index contributed by atoms with van der Waals surface area (Å²) in [5.74, 6) is -0.389. The van der Waals surface area contributed by atoms with Crippen LogP contribution in [-0.2, 0) is 6.54 Å². The fraction of sp³-hybridized carbons (Fsp3) is 0.118. The molecule has 24 heavy (non-hydrogen) atoms. The van der Waals surface area contributed by atoms with Crippen molar-refractivity contribution in [2.45, 2.75) is 13.5 Å². The summed E-state index contributed by atoms with van der Waals surface area (Å²) in [5.41, 5.74) is 2.96. The summed E-state index contributed by atoms with van der Waals surface area (Å²) in [6.07, 6.45) is 0. The van der Waals surface area contributed by atoms with E-state index < -0.39 is 4.92 Å². The van der Waals surface area contributed by atoms with Crippen molar-refractivity contribution in [1.29, 1.82) is 0 Å². The highest BCUT2D eigenvalue weighted by molar-refractivity contribution is 6.32. The molecule has 1 amide bonds. The number of benzene rings is 2. The van der Waals surface area contributed by atoms with Gasteiger partial charge in [-0.1, -0.05) is 17.7 Å². The second-order valence-corrected chi connectivity index (χ2v) is 5.89. The van der Waals surface area contributed by atoms with Crippen LogP contribution in [0.2, 0.25) is 5.02 Å². The minimum atomic E-state index is -0.610. The molecule has 0 bridgehead atoms. The number of aryl methyl sites for hydroxylation is 1. The maximum Gasteiger partial charge on any atom is 0.288 e. The average molecular weight is 344 g/mol. The number of nitro groups is 1. The Morgan fingerprint density at radius 2 is 2.04 bits per heavy atom. The minimum Gasteiger partial charge on any atom is -0.359 e. The number of nitro benzene ring substituents is 1. The number of rotatable bonds is 4. The fourth-order valence-electron chi connectivity index (χ4n) is 2.52. The van der Waals surface area contributed by atoms with Crippen LogP contribution >= 0.6 is 11.6 Å². The van der Waals surface area contributed by atoms with Gasteiger partial charge in [0.2, 0.25) is 0 Å². The molecule has 3 aromatic rings. The van der Waals surface area contributed by atoms with Crippen LogP contribution in [0.5, 0.6) is 0 Å². The van der Waals surface area contributed by atoms with Gasteiger partial charge in [-0.2, -0.15) is 0 Å². The van der Waals surface area contributed by atoms with Crippen molar-refractivity contribution < 1.29 is 9.72 Å². The molecule has 0 saturated carbocycles. The van der Waals surface area contributed by atoms with Crippen LogP contribution in [0, 0.1) is 17.0 Å². The number of amides is 1. The standard InChI is InChI=1S/C17H14ClN3O3/c1-10-6-13-7-11(2-5-15(13)20-10)9-19-17(22)12-3-4-14(18)16(8-12)21(23)24/h2-8,20H,9H2,1H3,(H,19,22). The highest BCUT2D eigenvalue weighted by Gasteiger charge is 2.16. The molecule has 0 fully saturated rings. The number of hydrogen-bond acceptors (Lipinski definition) is 3. The predicted molar refractivity (Wildman–Crippen MR) is 92.3 cm³/mol. The summed E-state index contributed by atoms with van der Waals surface area (Å²) >= 11 is 5.75. The van der Waals surface area contributed by atoms with Crippen molar-refractivity contribution in [2.75, 3.05) is 0 Å². The van der Waals surface area contributed by atoms with Crippen molar-refractivity contribution in [3.63, 3.8) is 0 Å². The number of nitrogens with zero attached hydrogens (tertiary/aromatic N) is 1. The first-order valence-electron chi connectivity index (χ1n) is 7.24. The van der Waals surface area contributed by atoms with Gasteiger partial charge in [-0.15, -0.1) is 0 Å². The van der Waals surface area contributed by atoms with Crippen LogP contribution in [0.4, 0.5) is 5.69 Å². The number of nitrogens with one attached hydrogen (secondary N) is 2. The van der Waals surface area contributed by atoms with Gasteiger partial charge in [0, 0.05) is 29.4 Å². The molecule has 0 atom stereocenters. The summed E-state index contributed by atoms with van der Waals surface area (Å²) in [7, 11) is 0. The first kappa shape index (κ1) is 16.0. The number of halogens is 1. The lowest BCUT2D eigenvalue weighted by Crippen LogP contribution is -2.22. The molecule has 0 aliphatic carbocycles. The largest absolute Gasteiger partial charge is 0.359 e. The highest BCUT2D eigenvalue weighted by atomic mass is 35.5. The van der Waals surface area contributed by atoms with E-state index in [2.05, 4.69) is 10.3 Å². The third-order valence-electron chi connectivity index (χ3n) is 3.68. The van der Waals surface area contributed by atoms with E-state index in [0.717, 1.165) is 22.2 Å². The Morgan fingerprint density at radius 3 is 2.79 bits per heavy atom. The van der Waals surface area contributed by atoms with Crippen molar-refractivity contribution in [3.05, 3.63) is 74.4 Å². The first-order valence-corrected chi connectivity index (χ1v) is 7.62. The van der Waals surface area contributed by atoms with E-state index in [1.54, 1.807) is 0 Å². The van der Waals surface area contributed by atoms with Crippen LogP contribution in [0.3, 0.4) is 0 Å². The molecule has 2 aromatic carbocycles. The molecule has 0 saturated heterocycles. The number of aromatic amines is 1. The zero-order valence-corrected chi connectivity index (χ0v) is 13.6. The summed E-state index contributed by atoms with van der Waals surface area (Å²) < 4.78 is 0. The Bertz CT molecular complexity index is 949. The third kappa shape index (κ3) is 3.23. The number of hydrogen-bond donors (Lipinski definition) is 2. The molecule has 3 rings (SSSR count). The first-order chi connectivity index (χ1) is 11.4. The normalized spacial score (nSPS) is 10.8. The number of H-pyrrole nitrogens is 1. The molecule has 0 unspecified atom stereocenters. The average Bonchev–Trinajstić information content (AvgIpc) is 2.92. The fourth-order valence-corrected chi connectivity index (χ4v) is 2.70. The monoisotopic (exact) mass is 343 g/mol. The van der Waals surface area contributed by atoms with Crippen molar-refractivity contribution in [2.24, 2.45) is 0 Å². The van der Waals surface area contributed by atoms with Crippen LogP contribution in [0.1, 0.15) is 21.6 Å². The third-order valence-corrected chi connectivity index (χ3v) is 4.00. The lowest BCUT2D eigenvalue weighted by atomic mass is 10.1. The van der Waals surface area contributed by atoms with Gasteiger partial charge in [-0.25, -0.2) is 0 Å². The van der Waals surface area contributed by atoms with E-state index in [1.165, 1.54) is 18.2 Å². The van der Waals surface area contributed by atoms with E-state index in [9.17, 15) is 14.9 Å². The van der Waals surface area contributed by atoms with Crippen molar-refractivity contribution in [3.8, 4) is 0 Å². The SMILES string of the molecule is Cc1cc2cc(CNC(=O)c3ccc(Cl)c([N+](=O)[O-])c3)ccc2[nH]1. The topological polar surface area (TPSA) is 88.0 Å². The quantitative estimate of drug-likeness (QED) is 0.555. The van der Waals surface area contributed by atoms with Gasteiger partial charge >= 0.3 is 0 Å². The molecule has 1 aromatic heterocycles. The summed E-state index contributed by atoms with van der Waals surface area (Å²) in [5, 5.41) is 14.7. The van der Waals surface area contributed by atoms with Gasteiger partial charge in [0.1, 0.15) is 5.02 Å². The second-order valence-electron chi connectivity index (χ2n) is 5.48. The molecule has 122 valence electrons. The van der Waals surface area contributed by atoms with Crippen molar-refractivity contribution in [1.82, 2.24) is 10.3 Å². The zero-order chi connectivity index (χ0) is 17.3. The Kier molecular flexibility index (Phi) is 4.22. The lowest BCUT2D eigenvalue weighted by molar-refractivity contribution is -0.384. The summed E-state index contributed by atoms with van der Waals surface area (Å²) in [6.45, 7) is 2.31. The van der Waals surface area contributed by atoms with Crippen molar-refractivity contribution >= 4 is 34.1 Å². The zero-order valence-electron chi connectivity index (χ0n) is 12.8. The van der Waals surface area contributed by atoms with Gasteiger partial charge in [-0.05, 0) is 48.2 Å². The Morgan fingerprint density at radius 1 is 1.25 bits per heavy atom.